The zero-order valence-corrected chi connectivity index (χ0v) is 31.9. The number of aromatic nitrogens is 6. The predicted molar refractivity (Wildman–Crippen MR) is 201 cm³/mol. The highest BCUT2D eigenvalue weighted by atomic mass is 28.3. The van der Waals surface area contributed by atoms with Gasteiger partial charge in [0, 0.05) is 11.1 Å². The molecule has 1 aliphatic carbocycles. The molecular weight excluding hydrogens is 696 g/mol. The molecule has 0 amide bonds. The van der Waals surface area contributed by atoms with Gasteiger partial charge in [-0.2, -0.15) is 4.98 Å². The third-order valence-electron chi connectivity index (χ3n) is 10.0. The zero-order chi connectivity index (χ0) is 37.7. The molecule has 0 bridgehead atoms. The highest BCUT2D eigenvalue weighted by Crippen LogP contribution is 2.36. The van der Waals surface area contributed by atoms with Gasteiger partial charge in [0.15, 0.2) is 5.82 Å². The summed E-state index contributed by atoms with van der Waals surface area (Å²) in [5.74, 6) is -1.59. The van der Waals surface area contributed by atoms with Gasteiger partial charge in [0.2, 0.25) is 8.24 Å². The number of halogens is 1. The SMILES string of the molecule is CCCC(F)[Si](C)(C)n1nnnc1-c1ccccc1-c1ccc(Cn2c(OCC)nc3c(C(C)OC(=O)OC4CCCCC4)ccc(C(=O)O)c32)cc1. The maximum absolute atomic E-state index is 15.4. The number of hydrogen-bond donors (Lipinski definition) is 1. The summed E-state index contributed by atoms with van der Waals surface area (Å²) in [5, 5.41) is 22.8. The van der Waals surface area contributed by atoms with Crippen LogP contribution in [0.25, 0.3) is 33.5 Å². The average molecular weight is 743 g/mol. The molecule has 2 atom stereocenters. The van der Waals surface area contributed by atoms with Gasteiger partial charge in [0.25, 0.3) is 6.01 Å². The second-order valence-corrected chi connectivity index (χ2v) is 18.4. The number of benzene rings is 3. The first-order chi connectivity index (χ1) is 25.5. The smallest absolute Gasteiger partial charge is 0.478 e. The number of fused-ring (bicyclic) bond motifs is 1. The Kier molecular flexibility index (Phi) is 11.6. The van der Waals surface area contributed by atoms with Crippen molar-refractivity contribution in [1.82, 2.24) is 29.4 Å². The quantitative estimate of drug-likeness (QED) is 0.0866. The summed E-state index contributed by atoms with van der Waals surface area (Å²) in [7, 11) is -2.70. The average Bonchev–Trinajstić information content (AvgIpc) is 3.78. The van der Waals surface area contributed by atoms with Crippen LogP contribution in [-0.2, 0) is 16.0 Å². The maximum Gasteiger partial charge on any atom is 0.509 e. The molecule has 2 aromatic heterocycles. The molecule has 6 rings (SSSR count). The topological polar surface area (TPSA) is 143 Å². The van der Waals surface area contributed by atoms with Crippen molar-refractivity contribution in [3.63, 3.8) is 0 Å². The molecule has 1 N–H and O–H groups in total. The van der Waals surface area contributed by atoms with E-state index in [1.54, 1.807) is 21.9 Å². The van der Waals surface area contributed by atoms with Crippen molar-refractivity contribution in [2.24, 2.45) is 0 Å². The Morgan fingerprint density at radius 2 is 1.72 bits per heavy atom. The molecule has 5 aromatic rings. The summed E-state index contributed by atoms with van der Waals surface area (Å²) in [6.45, 7) is 9.97. The number of carbonyl (C=O) groups excluding carboxylic acids is 1. The van der Waals surface area contributed by atoms with Crippen molar-refractivity contribution in [3.8, 4) is 28.5 Å². The minimum atomic E-state index is -2.70. The number of tetrazole rings is 1. The molecule has 280 valence electrons. The first kappa shape index (κ1) is 37.6. The number of hydrogen-bond acceptors (Lipinski definition) is 9. The van der Waals surface area contributed by atoms with E-state index in [0.717, 1.165) is 60.8 Å². The number of carbonyl (C=O) groups is 2. The highest BCUT2D eigenvalue weighted by molar-refractivity contribution is 6.77. The van der Waals surface area contributed by atoms with Gasteiger partial charge in [-0.1, -0.05) is 79.6 Å². The Hall–Kier alpha value is -5.11. The Morgan fingerprint density at radius 3 is 2.40 bits per heavy atom. The predicted octanol–water partition coefficient (Wildman–Crippen LogP) is 8.78. The number of carboxylic acid groups (broad SMARTS) is 1. The van der Waals surface area contributed by atoms with Crippen LogP contribution < -0.4 is 4.74 Å². The minimum absolute atomic E-state index is 0.0448. The first-order valence-corrected chi connectivity index (χ1v) is 21.4. The summed E-state index contributed by atoms with van der Waals surface area (Å²) in [6.07, 6.45) is 4.31. The summed E-state index contributed by atoms with van der Waals surface area (Å²) in [5.41, 5.74) is 4.78. The number of alkyl halides is 1. The van der Waals surface area contributed by atoms with Crippen molar-refractivity contribution in [2.75, 3.05) is 6.61 Å². The number of aromatic carboxylic acids is 1. The van der Waals surface area contributed by atoms with E-state index in [1.807, 2.05) is 75.5 Å². The van der Waals surface area contributed by atoms with Crippen LogP contribution in [0.15, 0.2) is 60.7 Å². The van der Waals surface area contributed by atoms with Crippen LogP contribution in [0.1, 0.15) is 93.3 Å². The van der Waals surface area contributed by atoms with Crippen molar-refractivity contribution >= 4 is 31.4 Å². The molecule has 0 radical (unpaired) electrons. The van der Waals surface area contributed by atoms with Crippen LogP contribution in [0, 0.1) is 0 Å². The van der Waals surface area contributed by atoms with Gasteiger partial charge in [-0.15, -0.1) is 5.10 Å². The van der Waals surface area contributed by atoms with E-state index in [1.165, 1.54) is 6.07 Å². The van der Waals surface area contributed by atoms with E-state index in [-0.39, 0.29) is 24.2 Å². The Morgan fingerprint density at radius 1 is 1.00 bits per heavy atom. The van der Waals surface area contributed by atoms with Crippen LogP contribution in [0.2, 0.25) is 13.1 Å². The van der Waals surface area contributed by atoms with Gasteiger partial charge < -0.3 is 19.3 Å². The van der Waals surface area contributed by atoms with Crippen molar-refractivity contribution in [2.45, 2.75) is 103 Å². The normalized spacial score (nSPS) is 14.9. The summed E-state index contributed by atoms with van der Waals surface area (Å²) >= 11 is 0. The number of carboxylic acids is 1. The number of imidazole rings is 1. The van der Waals surface area contributed by atoms with E-state index >= 15 is 4.39 Å². The Labute approximate surface area is 309 Å². The van der Waals surface area contributed by atoms with Gasteiger partial charge in [-0.25, -0.2) is 14.0 Å². The fraction of sp³-hybridized carbons (Fsp3) is 0.436. The Bertz CT molecular complexity index is 2060. The third kappa shape index (κ3) is 7.97. The van der Waals surface area contributed by atoms with E-state index in [0.29, 0.717) is 35.4 Å². The zero-order valence-electron chi connectivity index (χ0n) is 30.9. The highest BCUT2D eigenvalue weighted by Gasteiger charge is 2.38. The van der Waals surface area contributed by atoms with Gasteiger partial charge in [0.05, 0.1) is 24.2 Å². The molecule has 1 fully saturated rings. The lowest BCUT2D eigenvalue weighted by molar-refractivity contribution is -0.00727. The van der Waals surface area contributed by atoms with Gasteiger partial charge >= 0.3 is 12.1 Å². The van der Waals surface area contributed by atoms with Gasteiger partial charge in [-0.05, 0) is 87.0 Å². The van der Waals surface area contributed by atoms with E-state index < -0.39 is 32.3 Å². The van der Waals surface area contributed by atoms with Crippen molar-refractivity contribution in [3.05, 3.63) is 77.4 Å². The number of ether oxygens (including phenoxy) is 3. The standard InChI is InChI=1S/C39H47FN6O6Si/c1-6-13-33(40)53(4,5)46-36(42-43-44-46)31-17-12-11-16-30(31)27-20-18-26(19-21-27)24-45-35-32(37(47)48)23-22-29(34(35)41-38(45)50-7-2)25(3)51-39(49)52-28-14-9-8-10-15-28/h11-12,16-23,25,28,33H,6-10,13-15,24H2,1-5H3,(H,47,48). The van der Waals surface area contributed by atoms with Crippen molar-refractivity contribution in [1.29, 1.82) is 0 Å². The van der Waals surface area contributed by atoms with Gasteiger partial charge in [-0.3, -0.25) is 8.91 Å². The second kappa shape index (κ2) is 16.3. The minimum Gasteiger partial charge on any atom is -0.478 e. The van der Waals surface area contributed by atoms with Gasteiger partial charge in [0.1, 0.15) is 23.5 Å². The lowest BCUT2D eigenvalue weighted by Crippen LogP contribution is -2.48. The fourth-order valence-electron chi connectivity index (χ4n) is 7.06. The summed E-state index contributed by atoms with van der Waals surface area (Å²) in [6, 6.07) is 19.1. The molecule has 2 unspecified atom stereocenters. The maximum atomic E-state index is 15.4. The van der Waals surface area contributed by atoms with Crippen LogP contribution >= 0.6 is 0 Å². The molecule has 0 saturated heterocycles. The summed E-state index contributed by atoms with van der Waals surface area (Å²) < 4.78 is 36.0. The third-order valence-corrected chi connectivity index (χ3v) is 13.2. The van der Waals surface area contributed by atoms with Crippen molar-refractivity contribution < 1.29 is 33.3 Å². The van der Waals surface area contributed by atoms with E-state index in [9.17, 15) is 14.7 Å². The molecule has 2 heterocycles. The molecule has 3 aromatic carbocycles. The molecule has 14 heteroatoms. The van der Waals surface area contributed by atoms with Crippen LogP contribution in [0.3, 0.4) is 0 Å². The van der Waals surface area contributed by atoms with Crippen LogP contribution in [0.4, 0.5) is 9.18 Å². The second-order valence-electron chi connectivity index (χ2n) is 14.1. The molecular formula is C39H47FN6O6Si. The molecule has 53 heavy (non-hydrogen) atoms. The van der Waals surface area contributed by atoms with Crippen LogP contribution in [0.5, 0.6) is 6.01 Å². The van der Waals surface area contributed by atoms with E-state index in [4.69, 9.17) is 19.2 Å². The molecule has 1 aliphatic rings. The van der Waals surface area contributed by atoms with E-state index in [2.05, 4.69) is 15.5 Å². The number of rotatable bonds is 14. The lowest BCUT2D eigenvalue weighted by Gasteiger charge is -2.27. The Balaban J connectivity index is 1.31. The summed E-state index contributed by atoms with van der Waals surface area (Å²) in [4.78, 5) is 30.0. The fourth-order valence-corrected chi connectivity index (χ4v) is 9.31. The van der Waals surface area contributed by atoms with Crippen LogP contribution in [-0.4, -0.2) is 73.4 Å². The lowest BCUT2D eigenvalue weighted by atomic mass is 9.98. The monoisotopic (exact) mass is 742 g/mol. The number of nitrogens with zero attached hydrogens (tertiary/aromatic N) is 6. The molecule has 0 aliphatic heterocycles. The molecule has 1 saturated carbocycles. The first-order valence-electron chi connectivity index (χ1n) is 18.4. The molecule has 0 spiro atoms. The largest absolute Gasteiger partial charge is 0.509 e. The molecule has 12 nitrogen and oxygen atoms in total.